The van der Waals surface area contributed by atoms with E-state index in [1.165, 1.54) is 24.3 Å². The zero-order valence-electron chi connectivity index (χ0n) is 12.2. The van der Waals surface area contributed by atoms with E-state index in [1.807, 2.05) is 0 Å². The summed E-state index contributed by atoms with van der Waals surface area (Å²) < 4.78 is 10.2. The molecule has 1 aromatic carbocycles. The molecule has 0 saturated heterocycles. The van der Waals surface area contributed by atoms with E-state index < -0.39 is 10.9 Å². The Labute approximate surface area is 131 Å². The maximum absolute atomic E-state index is 11.6. The third kappa shape index (κ3) is 3.63. The Bertz CT molecular complexity index is 814. The second-order valence-electron chi connectivity index (χ2n) is 4.37. The number of hydrogen-bond donors (Lipinski definition) is 0. The number of benzene rings is 1. The third-order valence-electron chi connectivity index (χ3n) is 2.90. The fourth-order valence-electron chi connectivity index (χ4n) is 1.90. The van der Waals surface area contributed by atoms with Crippen LogP contribution in [-0.2, 0) is 9.53 Å². The summed E-state index contributed by atoms with van der Waals surface area (Å²) in [5, 5.41) is 20.0. The van der Waals surface area contributed by atoms with Crippen LogP contribution in [0.1, 0.15) is 12.7 Å². The van der Waals surface area contributed by atoms with E-state index in [9.17, 15) is 14.9 Å². The molecule has 0 amide bonds. The Kier molecular flexibility index (Phi) is 4.89. The number of nitriles is 1. The molecule has 0 unspecified atom stereocenters. The highest BCUT2D eigenvalue weighted by atomic mass is 16.6. The van der Waals surface area contributed by atoms with Crippen LogP contribution in [0.2, 0.25) is 0 Å². The van der Waals surface area contributed by atoms with Gasteiger partial charge < -0.3 is 9.15 Å². The van der Waals surface area contributed by atoms with Crippen molar-refractivity contribution < 1.29 is 18.9 Å². The van der Waals surface area contributed by atoms with E-state index in [0.717, 1.165) is 0 Å². The molecule has 23 heavy (non-hydrogen) atoms. The van der Waals surface area contributed by atoms with E-state index in [-0.39, 0.29) is 29.4 Å². The number of rotatable bonds is 5. The van der Waals surface area contributed by atoms with Gasteiger partial charge in [-0.2, -0.15) is 5.26 Å². The summed E-state index contributed by atoms with van der Waals surface area (Å²) in [6, 6.07) is 10.9. The average molecular weight is 312 g/mol. The van der Waals surface area contributed by atoms with Crippen LogP contribution in [0.5, 0.6) is 0 Å². The first kappa shape index (κ1) is 16.0. The van der Waals surface area contributed by atoms with E-state index in [1.54, 1.807) is 31.2 Å². The number of furan rings is 1. The number of ether oxygens (including phenoxy) is 1. The predicted octanol–water partition coefficient (Wildman–Crippen LogP) is 3.32. The Morgan fingerprint density at radius 3 is 2.78 bits per heavy atom. The molecule has 0 radical (unpaired) electrons. The van der Waals surface area contributed by atoms with Crippen LogP contribution in [0.3, 0.4) is 0 Å². The summed E-state index contributed by atoms with van der Waals surface area (Å²) in [7, 11) is 0. The second-order valence-corrected chi connectivity index (χ2v) is 4.37. The number of nitro benzene ring substituents is 1. The zero-order chi connectivity index (χ0) is 16.8. The summed E-state index contributed by atoms with van der Waals surface area (Å²) in [6.07, 6.45) is 1.23. The molecule has 0 aliphatic carbocycles. The normalized spacial score (nSPS) is 10.9. The highest BCUT2D eigenvalue weighted by Gasteiger charge is 2.17. The number of nitrogens with zero attached hydrogens (tertiary/aromatic N) is 2. The standard InChI is InChI=1S/C16H12N2O5/c1-2-22-16(19)11(10-17)9-12-7-8-15(23-12)13-5-3-4-6-14(13)18(20)21/h3-9H,2H2,1H3. The van der Waals surface area contributed by atoms with Crippen LogP contribution < -0.4 is 0 Å². The van der Waals surface area contributed by atoms with Gasteiger partial charge in [0.15, 0.2) is 0 Å². The first-order chi connectivity index (χ1) is 11.1. The molecule has 0 aliphatic rings. The molecule has 0 aliphatic heterocycles. The van der Waals surface area contributed by atoms with Gasteiger partial charge in [-0.15, -0.1) is 0 Å². The van der Waals surface area contributed by atoms with Crippen molar-refractivity contribution in [1.29, 1.82) is 5.26 Å². The zero-order valence-corrected chi connectivity index (χ0v) is 12.2. The number of nitro groups is 1. The molecule has 0 N–H and O–H groups in total. The Morgan fingerprint density at radius 2 is 2.13 bits per heavy atom. The summed E-state index contributed by atoms with van der Waals surface area (Å²) in [5.74, 6) is -0.258. The molecular weight excluding hydrogens is 300 g/mol. The molecule has 2 aromatic rings. The van der Waals surface area contributed by atoms with Crippen LogP contribution in [0.25, 0.3) is 17.4 Å². The Balaban J connectivity index is 2.37. The first-order valence-corrected chi connectivity index (χ1v) is 6.69. The largest absolute Gasteiger partial charge is 0.462 e. The third-order valence-corrected chi connectivity index (χ3v) is 2.90. The van der Waals surface area contributed by atoms with Gasteiger partial charge in [-0.1, -0.05) is 12.1 Å². The molecule has 1 heterocycles. The molecule has 0 atom stereocenters. The van der Waals surface area contributed by atoms with Crippen LogP contribution >= 0.6 is 0 Å². The summed E-state index contributed by atoms with van der Waals surface area (Å²) in [6.45, 7) is 1.78. The monoisotopic (exact) mass is 312 g/mol. The van der Waals surface area contributed by atoms with Gasteiger partial charge in [-0.25, -0.2) is 4.79 Å². The fourth-order valence-corrected chi connectivity index (χ4v) is 1.90. The minimum Gasteiger partial charge on any atom is -0.462 e. The fraction of sp³-hybridized carbons (Fsp3) is 0.125. The van der Waals surface area contributed by atoms with Gasteiger partial charge in [0.2, 0.25) is 0 Å². The molecule has 0 fully saturated rings. The van der Waals surface area contributed by atoms with Gasteiger partial charge in [-0.05, 0) is 25.1 Å². The number of carbonyl (C=O) groups is 1. The summed E-state index contributed by atoms with van der Waals surface area (Å²) >= 11 is 0. The van der Waals surface area contributed by atoms with Crippen LogP contribution in [0, 0.1) is 21.4 Å². The van der Waals surface area contributed by atoms with E-state index in [4.69, 9.17) is 14.4 Å². The van der Waals surface area contributed by atoms with E-state index in [0.29, 0.717) is 5.56 Å². The maximum Gasteiger partial charge on any atom is 0.349 e. The highest BCUT2D eigenvalue weighted by Crippen LogP contribution is 2.31. The van der Waals surface area contributed by atoms with Crippen molar-refractivity contribution in [2.24, 2.45) is 0 Å². The van der Waals surface area contributed by atoms with Gasteiger partial charge >= 0.3 is 5.97 Å². The molecule has 116 valence electrons. The average Bonchev–Trinajstić information content (AvgIpc) is 3.01. The van der Waals surface area contributed by atoms with Crippen molar-refractivity contribution in [3.05, 3.63) is 57.8 Å². The minimum atomic E-state index is -0.751. The predicted molar refractivity (Wildman–Crippen MR) is 81.0 cm³/mol. The lowest BCUT2D eigenvalue weighted by molar-refractivity contribution is -0.384. The van der Waals surface area contributed by atoms with Crippen LogP contribution in [-0.4, -0.2) is 17.5 Å². The Morgan fingerprint density at radius 1 is 1.39 bits per heavy atom. The number of esters is 1. The molecule has 0 spiro atoms. The second kappa shape index (κ2) is 7.04. The molecule has 7 nitrogen and oxygen atoms in total. The lowest BCUT2D eigenvalue weighted by Crippen LogP contribution is -2.05. The lowest BCUT2D eigenvalue weighted by atomic mass is 10.1. The van der Waals surface area contributed by atoms with Crippen molar-refractivity contribution in [1.82, 2.24) is 0 Å². The quantitative estimate of drug-likeness (QED) is 0.275. The van der Waals surface area contributed by atoms with Crippen molar-refractivity contribution in [2.75, 3.05) is 6.61 Å². The topological polar surface area (TPSA) is 106 Å². The summed E-state index contributed by atoms with van der Waals surface area (Å²) in [5.41, 5.74) is 0.00498. The Hall–Kier alpha value is -3.40. The smallest absolute Gasteiger partial charge is 0.349 e. The molecule has 1 aromatic heterocycles. The van der Waals surface area contributed by atoms with Crippen molar-refractivity contribution in [2.45, 2.75) is 6.92 Å². The van der Waals surface area contributed by atoms with Crippen molar-refractivity contribution in [3.8, 4) is 17.4 Å². The first-order valence-electron chi connectivity index (χ1n) is 6.69. The van der Waals surface area contributed by atoms with E-state index in [2.05, 4.69) is 0 Å². The number of carbonyl (C=O) groups excluding carboxylic acids is 1. The molecule has 0 bridgehead atoms. The lowest BCUT2D eigenvalue weighted by Gasteiger charge is -1.99. The van der Waals surface area contributed by atoms with Gasteiger partial charge in [-0.3, -0.25) is 10.1 Å². The number of hydrogen-bond acceptors (Lipinski definition) is 6. The van der Waals surface area contributed by atoms with Gasteiger partial charge in [0.1, 0.15) is 23.2 Å². The molecule has 0 saturated carbocycles. The van der Waals surface area contributed by atoms with Gasteiger partial charge in [0.25, 0.3) is 5.69 Å². The van der Waals surface area contributed by atoms with Gasteiger partial charge in [0.05, 0.1) is 17.1 Å². The van der Waals surface area contributed by atoms with Crippen molar-refractivity contribution >= 4 is 17.7 Å². The molecule has 2 rings (SSSR count). The molecular formula is C16H12N2O5. The summed E-state index contributed by atoms with van der Waals surface area (Å²) in [4.78, 5) is 22.1. The minimum absolute atomic E-state index is 0.0942. The van der Waals surface area contributed by atoms with Crippen LogP contribution in [0.15, 0.2) is 46.4 Å². The number of para-hydroxylation sites is 1. The van der Waals surface area contributed by atoms with E-state index >= 15 is 0 Å². The SMILES string of the molecule is CCOC(=O)C(C#N)=Cc1ccc(-c2ccccc2[N+](=O)[O-])o1. The molecule has 7 heteroatoms. The highest BCUT2D eigenvalue weighted by molar-refractivity contribution is 5.97. The van der Waals surface area contributed by atoms with Crippen molar-refractivity contribution in [3.63, 3.8) is 0 Å². The maximum atomic E-state index is 11.6. The van der Waals surface area contributed by atoms with Crippen LogP contribution in [0.4, 0.5) is 5.69 Å². The van der Waals surface area contributed by atoms with Gasteiger partial charge in [0, 0.05) is 12.1 Å².